The number of carbonyl (C=O) groups excluding carboxylic acids is 1. The SMILES string of the molecule is Cc1ccc(COc2cccc(/C=C(\C#N)C(=O)n3nc(C)cc3C)c2)cc1. The van der Waals surface area contributed by atoms with E-state index in [1.807, 2.05) is 55.5 Å². The fourth-order valence-corrected chi connectivity index (χ4v) is 2.80. The lowest BCUT2D eigenvalue weighted by atomic mass is 10.1. The van der Waals surface area contributed by atoms with Crippen molar-refractivity contribution < 1.29 is 9.53 Å². The van der Waals surface area contributed by atoms with E-state index in [-0.39, 0.29) is 5.57 Å². The second-order valence-electron chi connectivity index (χ2n) is 6.66. The van der Waals surface area contributed by atoms with Gasteiger partial charge in [0.1, 0.15) is 24.0 Å². The summed E-state index contributed by atoms with van der Waals surface area (Å²) >= 11 is 0. The van der Waals surface area contributed by atoms with Crippen LogP contribution >= 0.6 is 0 Å². The summed E-state index contributed by atoms with van der Waals surface area (Å²) in [4.78, 5) is 12.6. The maximum absolute atomic E-state index is 12.6. The molecule has 0 aliphatic heterocycles. The molecule has 2 aromatic carbocycles. The Morgan fingerprint density at radius 1 is 1.14 bits per heavy atom. The Hall–Kier alpha value is -3.65. The number of nitrogens with zero attached hydrogens (tertiary/aromatic N) is 3. The van der Waals surface area contributed by atoms with Gasteiger partial charge in [-0.2, -0.15) is 10.4 Å². The number of allylic oxidation sites excluding steroid dienone is 1. The van der Waals surface area contributed by atoms with Crippen LogP contribution in [-0.2, 0) is 6.61 Å². The van der Waals surface area contributed by atoms with Crippen molar-refractivity contribution in [1.82, 2.24) is 9.78 Å². The number of benzene rings is 2. The number of hydrogen-bond acceptors (Lipinski definition) is 4. The molecule has 0 saturated carbocycles. The Balaban J connectivity index is 1.78. The van der Waals surface area contributed by atoms with Crippen molar-refractivity contribution in [2.24, 2.45) is 0 Å². The quantitative estimate of drug-likeness (QED) is 0.484. The number of carbonyl (C=O) groups is 1. The number of aromatic nitrogens is 2. The number of ether oxygens (including phenoxy) is 1. The fraction of sp³-hybridized carbons (Fsp3) is 0.174. The van der Waals surface area contributed by atoms with Gasteiger partial charge in [0.15, 0.2) is 0 Å². The second kappa shape index (κ2) is 8.36. The van der Waals surface area contributed by atoms with Gasteiger partial charge in [-0.25, -0.2) is 4.68 Å². The van der Waals surface area contributed by atoms with Crippen LogP contribution in [0.3, 0.4) is 0 Å². The lowest BCUT2D eigenvalue weighted by Crippen LogP contribution is -2.15. The van der Waals surface area contributed by atoms with Crippen molar-refractivity contribution >= 4 is 12.0 Å². The van der Waals surface area contributed by atoms with Crippen LogP contribution in [0, 0.1) is 32.1 Å². The molecular formula is C23H21N3O2. The third-order valence-electron chi connectivity index (χ3n) is 4.25. The van der Waals surface area contributed by atoms with Gasteiger partial charge in [-0.05, 0) is 56.2 Å². The highest BCUT2D eigenvalue weighted by Crippen LogP contribution is 2.18. The highest BCUT2D eigenvalue weighted by atomic mass is 16.5. The molecule has 0 aliphatic rings. The van der Waals surface area contributed by atoms with Crippen LogP contribution in [0.4, 0.5) is 0 Å². The van der Waals surface area contributed by atoms with Crippen LogP contribution in [0.15, 0.2) is 60.2 Å². The van der Waals surface area contributed by atoms with Gasteiger partial charge in [0, 0.05) is 5.69 Å². The number of nitriles is 1. The molecule has 140 valence electrons. The first-order valence-electron chi connectivity index (χ1n) is 8.94. The van der Waals surface area contributed by atoms with Crippen LogP contribution in [0.2, 0.25) is 0 Å². The Morgan fingerprint density at radius 2 is 1.89 bits per heavy atom. The molecule has 0 saturated heterocycles. The van der Waals surface area contributed by atoms with E-state index >= 15 is 0 Å². The lowest BCUT2D eigenvalue weighted by molar-refractivity contribution is 0.0943. The number of rotatable bonds is 5. The standard InChI is InChI=1S/C23H21N3O2/c1-16-7-9-19(10-8-16)15-28-22-6-4-5-20(13-22)12-21(14-24)23(27)26-18(3)11-17(2)25-26/h4-13H,15H2,1-3H3/b21-12+. The first-order valence-corrected chi connectivity index (χ1v) is 8.94. The van der Waals surface area contributed by atoms with Gasteiger partial charge >= 0.3 is 0 Å². The van der Waals surface area contributed by atoms with Crippen LogP contribution in [0.5, 0.6) is 5.75 Å². The molecule has 0 aliphatic carbocycles. The van der Waals surface area contributed by atoms with Gasteiger partial charge in [0.2, 0.25) is 0 Å². The van der Waals surface area contributed by atoms with Gasteiger partial charge in [0.05, 0.1) is 5.69 Å². The normalized spacial score (nSPS) is 11.1. The van der Waals surface area contributed by atoms with E-state index < -0.39 is 5.91 Å². The van der Waals surface area contributed by atoms with Gasteiger partial charge in [-0.3, -0.25) is 4.79 Å². The summed E-state index contributed by atoms with van der Waals surface area (Å²) in [6, 6.07) is 19.2. The summed E-state index contributed by atoms with van der Waals surface area (Å²) in [5.74, 6) is 0.226. The third kappa shape index (κ3) is 4.54. The van der Waals surface area contributed by atoms with Crippen molar-refractivity contribution in [2.75, 3.05) is 0 Å². The largest absolute Gasteiger partial charge is 0.489 e. The fourth-order valence-electron chi connectivity index (χ4n) is 2.80. The Bertz CT molecular complexity index is 1070. The first kappa shape index (κ1) is 19.1. The molecule has 0 spiro atoms. The minimum Gasteiger partial charge on any atom is -0.489 e. The van der Waals surface area contributed by atoms with Crippen molar-refractivity contribution in [3.8, 4) is 11.8 Å². The van der Waals surface area contributed by atoms with Crippen molar-refractivity contribution in [3.63, 3.8) is 0 Å². The molecule has 0 atom stereocenters. The van der Waals surface area contributed by atoms with Gasteiger partial charge in [0.25, 0.3) is 5.91 Å². The highest BCUT2D eigenvalue weighted by Gasteiger charge is 2.15. The average molecular weight is 371 g/mol. The van der Waals surface area contributed by atoms with Gasteiger partial charge < -0.3 is 4.74 Å². The molecule has 28 heavy (non-hydrogen) atoms. The van der Waals surface area contributed by atoms with Crippen molar-refractivity contribution in [2.45, 2.75) is 27.4 Å². The molecule has 5 nitrogen and oxygen atoms in total. The van der Waals surface area contributed by atoms with E-state index in [9.17, 15) is 10.1 Å². The zero-order chi connectivity index (χ0) is 20.1. The molecule has 0 fully saturated rings. The second-order valence-corrected chi connectivity index (χ2v) is 6.66. The number of hydrogen-bond donors (Lipinski definition) is 0. The molecule has 0 N–H and O–H groups in total. The summed E-state index contributed by atoms with van der Waals surface area (Å²) < 4.78 is 7.09. The van der Waals surface area contributed by atoms with Crippen molar-refractivity contribution in [1.29, 1.82) is 5.26 Å². The van der Waals surface area contributed by atoms with Gasteiger partial charge in [-0.1, -0.05) is 42.0 Å². The molecule has 5 heteroatoms. The Kier molecular flexibility index (Phi) is 5.71. The van der Waals surface area contributed by atoms with Crippen LogP contribution < -0.4 is 4.74 Å². The predicted molar refractivity (Wildman–Crippen MR) is 108 cm³/mol. The molecule has 1 heterocycles. The van der Waals surface area contributed by atoms with E-state index in [2.05, 4.69) is 5.10 Å². The first-order chi connectivity index (χ1) is 13.5. The zero-order valence-corrected chi connectivity index (χ0v) is 16.1. The summed E-state index contributed by atoms with van der Waals surface area (Å²) in [6.07, 6.45) is 1.55. The number of aryl methyl sites for hydroxylation is 3. The summed E-state index contributed by atoms with van der Waals surface area (Å²) in [6.45, 7) is 6.08. The van der Waals surface area contributed by atoms with E-state index in [1.165, 1.54) is 10.2 Å². The predicted octanol–water partition coefficient (Wildman–Crippen LogP) is 4.63. The van der Waals surface area contributed by atoms with E-state index in [0.29, 0.717) is 23.6 Å². The minimum absolute atomic E-state index is 0.0156. The maximum atomic E-state index is 12.6. The molecule has 0 bridgehead atoms. The molecule has 0 radical (unpaired) electrons. The summed E-state index contributed by atoms with van der Waals surface area (Å²) in [5, 5.41) is 13.6. The van der Waals surface area contributed by atoms with Gasteiger partial charge in [-0.15, -0.1) is 0 Å². The van der Waals surface area contributed by atoms with Crippen molar-refractivity contribution in [3.05, 3.63) is 88.2 Å². The molecule has 1 aromatic heterocycles. The molecular weight excluding hydrogens is 350 g/mol. The van der Waals surface area contributed by atoms with E-state index in [4.69, 9.17) is 4.74 Å². The zero-order valence-electron chi connectivity index (χ0n) is 16.1. The smallest absolute Gasteiger partial charge is 0.289 e. The maximum Gasteiger partial charge on any atom is 0.289 e. The topological polar surface area (TPSA) is 67.9 Å². The summed E-state index contributed by atoms with van der Waals surface area (Å²) in [5.41, 5.74) is 4.43. The van der Waals surface area contributed by atoms with E-state index in [1.54, 1.807) is 32.1 Å². The Morgan fingerprint density at radius 3 is 2.54 bits per heavy atom. The van der Waals surface area contributed by atoms with Crippen LogP contribution in [0.25, 0.3) is 6.08 Å². The van der Waals surface area contributed by atoms with E-state index in [0.717, 1.165) is 11.3 Å². The summed E-state index contributed by atoms with van der Waals surface area (Å²) in [7, 11) is 0. The Labute approximate surface area is 164 Å². The minimum atomic E-state index is -0.445. The van der Waals surface area contributed by atoms with Crippen LogP contribution in [-0.4, -0.2) is 15.7 Å². The highest BCUT2D eigenvalue weighted by molar-refractivity contribution is 6.03. The lowest BCUT2D eigenvalue weighted by Gasteiger charge is -2.08. The molecule has 3 aromatic rings. The average Bonchev–Trinajstić information content (AvgIpc) is 3.03. The molecule has 3 rings (SSSR count). The third-order valence-corrected chi connectivity index (χ3v) is 4.25. The van der Waals surface area contributed by atoms with Crippen LogP contribution in [0.1, 0.15) is 32.9 Å². The molecule has 0 unspecified atom stereocenters. The molecule has 0 amide bonds. The monoisotopic (exact) mass is 371 g/mol.